The molecule has 0 aliphatic carbocycles. The normalized spacial score (nSPS) is 26.7. The first-order valence-electron chi connectivity index (χ1n) is 5.71. The first-order chi connectivity index (χ1) is 8.63. The highest BCUT2D eigenvalue weighted by atomic mass is 32.1. The van der Waals surface area contributed by atoms with Crippen LogP contribution >= 0.6 is 12.2 Å². The van der Waals surface area contributed by atoms with Crippen LogP contribution in [0, 0.1) is 5.92 Å². The summed E-state index contributed by atoms with van der Waals surface area (Å²) < 4.78 is 5.22. The van der Waals surface area contributed by atoms with Crippen LogP contribution in [-0.2, 0) is 14.3 Å². The second-order valence-corrected chi connectivity index (χ2v) is 4.55. The van der Waals surface area contributed by atoms with E-state index in [1.165, 1.54) is 4.90 Å². The first-order valence-corrected chi connectivity index (χ1v) is 6.12. The van der Waals surface area contributed by atoms with Gasteiger partial charge in [0.1, 0.15) is 5.57 Å². The molecule has 96 valence electrons. The predicted molar refractivity (Wildman–Crippen MR) is 69.7 cm³/mol. The van der Waals surface area contributed by atoms with Crippen LogP contribution in [0.15, 0.2) is 24.3 Å². The molecule has 0 saturated carbocycles. The Balaban J connectivity index is 2.22. The molecule has 2 aliphatic heterocycles. The molecule has 0 aromatic carbocycles. The van der Waals surface area contributed by atoms with Crippen LogP contribution in [0.1, 0.15) is 6.42 Å². The molecule has 5 nitrogen and oxygen atoms in total. The van der Waals surface area contributed by atoms with Gasteiger partial charge in [-0.15, -0.1) is 6.58 Å². The van der Waals surface area contributed by atoms with Gasteiger partial charge < -0.3 is 4.74 Å². The minimum atomic E-state index is -0.433. The van der Waals surface area contributed by atoms with Crippen molar-refractivity contribution in [3.63, 3.8) is 0 Å². The largest absolute Gasteiger partial charge is 0.381 e. The van der Waals surface area contributed by atoms with E-state index in [-0.39, 0.29) is 29.1 Å². The molecule has 0 radical (unpaired) electrons. The lowest BCUT2D eigenvalue weighted by Crippen LogP contribution is -2.54. The smallest absolute Gasteiger partial charge is 0.265 e. The molecule has 0 aromatic heterocycles. The molecule has 1 N–H and O–H groups in total. The molecule has 2 fully saturated rings. The number of carbonyl (C=O) groups excluding carboxylic acids is 2. The van der Waals surface area contributed by atoms with E-state index in [1.54, 1.807) is 12.2 Å². The lowest BCUT2D eigenvalue weighted by molar-refractivity contribution is -0.128. The minimum Gasteiger partial charge on any atom is -0.381 e. The van der Waals surface area contributed by atoms with Gasteiger partial charge in [-0.1, -0.05) is 12.2 Å². The van der Waals surface area contributed by atoms with E-state index < -0.39 is 5.91 Å². The van der Waals surface area contributed by atoms with Gasteiger partial charge in [0, 0.05) is 19.1 Å². The van der Waals surface area contributed by atoms with E-state index >= 15 is 0 Å². The molecule has 2 rings (SSSR count). The van der Waals surface area contributed by atoms with Crippen molar-refractivity contribution in [3.8, 4) is 0 Å². The van der Waals surface area contributed by atoms with Gasteiger partial charge in [0.2, 0.25) is 0 Å². The summed E-state index contributed by atoms with van der Waals surface area (Å²) in [7, 11) is 0. The molecule has 18 heavy (non-hydrogen) atoms. The minimum absolute atomic E-state index is 0.118. The van der Waals surface area contributed by atoms with E-state index in [2.05, 4.69) is 11.9 Å². The second kappa shape index (κ2) is 5.41. The van der Waals surface area contributed by atoms with E-state index in [0.717, 1.165) is 6.42 Å². The maximum atomic E-state index is 12.1. The van der Waals surface area contributed by atoms with Crippen LogP contribution in [0.2, 0.25) is 0 Å². The van der Waals surface area contributed by atoms with Crippen molar-refractivity contribution in [2.24, 2.45) is 5.92 Å². The lowest BCUT2D eigenvalue weighted by atomic mass is 10.0. The van der Waals surface area contributed by atoms with Gasteiger partial charge in [0.15, 0.2) is 5.11 Å². The molecule has 0 spiro atoms. The predicted octanol–water partition coefficient (Wildman–Crippen LogP) is 0.379. The molecule has 1 unspecified atom stereocenters. The molecule has 2 saturated heterocycles. The number of nitrogens with zero attached hydrogens (tertiary/aromatic N) is 1. The summed E-state index contributed by atoms with van der Waals surface area (Å²) >= 11 is 4.96. The number of carbonyl (C=O) groups is 2. The zero-order valence-corrected chi connectivity index (χ0v) is 10.7. The van der Waals surface area contributed by atoms with E-state index in [0.29, 0.717) is 13.2 Å². The highest BCUT2D eigenvalue weighted by Gasteiger charge is 2.33. The van der Waals surface area contributed by atoms with Crippen molar-refractivity contribution in [2.75, 3.05) is 19.8 Å². The SMILES string of the molecule is C=CCN1C(=O)/C(=C\C2CCOC2)C(=O)NC1=S. The molecule has 1 atom stereocenters. The number of amides is 2. The van der Waals surface area contributed by atoms with Crippen LogP contribution in [0.3, 0.4) is 0 Å². The maximum Gasteiger partial charge on any atom is 0.265 e. The summed E-state index contributed by atoms with van der Waals surface area (Å²) in [5, 5.41) is 2.64. The van der Waals surface area contributed by atoms with Crippen molar-refractivity contribution in [1.29, 1.82) is 0 Å². The molecule has 6 heteroatoms. The molecular formula is C12H14N2O3S. The number of ether oxygens (including phenoxy) is 1. The number of rotatable bonds is 3. The summed E-state index contributed by atoms with van der Waals surface area (Å²) in [4.78, 5) is 25.2. The Morgan fingerprint density at radius 3 is 2.94 bits per heavy atom. The summed E-state index contributed by atoms with van der Waals surface area (Å²) in [6.07, 6.45) is 4.08. The van der Waals surface area contributed by atoms with E-state index in [4.69, 9.17) is 17.0 Å². The average molecular weight is 266 g/mol. The van der Waals surface area contributed by atoms with Gasteiger partial charge >= 0.3 is 0 Å². The monoisotopic (exact) mass is 266 g/mol. The van der Waals surface area contributed by atoms with Crippen LogP contribution in [0.5, 0.6) is 0 Å². The Kier molecular flexibility index (Phi) is 3.88. The Bertz CT molecular complexity index is 439. The van der Waals surface area contributed by atoms with Crippen molar-refractivity contribution in [3.05, 3.63) is 24.3 Å². The molecule has 2 aliphatic rings. The third-order valence-corrected chi connectivity index (χ3v) is 3.19. The fourth-order valence-electron chi connectivity index (χ4n) is 1.93. The van der Waals surface area contributed by atoms with Crippen LogP contribution in [0.4, 0.5) is 0 Å². The Morgan fingerprint density at radius 2 is 2.33 bits per heavy atom. The van der Waals surface area contributed by atoms with Gasteiger partial charge in [-0.2, -0.15) is 0 Å². The summed E-state index contributed by atoms with van der Waals surface area (Å²) in [6.45, 7) is 5.07. The Hall–Kier alpha value is -1.53. The average Bonchev–Trinajstić information content (AvgIpc) is 2.83. The number of hydrogen-bond acceptors (Lipinski definition) is 4. The second-order valence-electron chi connectivity index (χ2n) is 4.17. The van der Waals surface area contributed by atoms with Crippen LogP contribution in [-0.4, -0.2) is 41.6 Å². The number of thiocarbonyl (C=S) groups is 1. The first kappa shape index (κ1) is 12.9. The number of hydrogen-bond donors (Lipinski definition) is 1. The highest BCUT2D eigenvalue weighted by molar-refractivity contribution is 7.80. The standard InChI is InChI=1S/C12H14N2O3S/c1-2-4-14-11(16)9(10(15)13-12(14)18)6-8-3-5-17-7-8/h2,6,8H,1,3-5,7H2,(H,13,15,18)/b9-6-. The number of nitrogens with one attached hydrogen (secondary N) is 1. The van der Waals surface area contributed by atoms with Gasteiger partial charge in [-0.25, -0.2) is 0 Å². The van der Waals surface area contributed by atoms with Gasteiger partial charge in [0.25, 0.3) is 11.8 Å². The molecule has 0 bridgehead atoms. The zero-order chi connectivity index (χ0) is 13.1. The fourth-order valence-corrected chi connectivity index (χ4v) is 2.18. The lowest BCUT2D eigenvalue weighted by Gasteiger charge is -2.28. The van der Waals surface area contributed by atoms with Crippen LogP contribution in [0.25, 0.3) is 0 Å². The fraction of sp³-hybridized carbons (Fsp3) is 0.417. The quantitative estimate of drug-likeness (QED) is 0.347. The Labute approximate surface area is 110 Å². The molecule has 2 heterocycles. The van der Waals surface area contributed by atoms with Gasteiger partial charge in [-0.05, 0) is 18.6 Å². The molecular weight excluding hydrogens is 252 g/mol. The Morgan fingerprint density at radius 1 is 1.56 bits per heavy atom. The maximum absolute atomic E-state index is 12.1. The van der Waals surface area contributed by atoms with Crippen molar-refractivity contribution in [2.45, 2.75) is 6.42 Å². The van der Waals surface area contributed by atoms with E-state index in [9.17, 15) is 9.59 Å². The topological polar surface area (TPSA) is 58.6 Å². The summed E-state index contributed by atoms with van der Waals surface area (Å²) in [6, 6.07) is 0. The highest BCUT2D eigenvalue weighted by Crippen LogP contribution is 2.18. The zero-order valence-electron chi connectivity index (χ0n) is 9.85. The van der Waals surface area contributed by atoms with Crippen LogP contribution < -0.4 is 5.32 Å². The van der Waals surface area contributed by atoms with Crippen molar-refractivity contribution in [1.82, 2.24) is 10.2 Å². The summed E-state index contributed by atoms with van der Waals surface area (Å²) in [5.41, 5.74) is 0.140. The molecule has 2 amide bonds. The van der Waals surface area contributed by atoms with Gasteiger partial charge in [-0.3, -0.25) is 19.8 Å². The third kappa shape index (κ3) is 2.49. The molecule has 0 aromatic rings. The van der Waals surface area contributed by atoms with E-state index in [1.807, 2.05) is 0 Å². The van der Waals surface area contributed by atoms with Crippen molar-refractivity contribution < 1.29 is 14.3 Å². The summed E-state index contributed by atoms with van der Waals surface area (Å²) in [5.74, 6) is -0.681. The van der Waals surface area contributed by atoms with Crippen molar-refractivity contribution >= 4 is 29.1 Å². The van der Waals surface area contributed by atoms with Gasteiger partial charge in [0.05, 0.1) is 6.61 Å². The third-order valence-electron chi connectivity index (χ3n) is 2.86.